The number of esters is 3. The van der Waals surface area contributed by atoms with E-state index in [-0.39, 0.29) is 31.1 Å². The van der Waals surface area contributed by atoms with Gasteiger partial charge < -0.3 is 14.2 Å². The van der Waals surface area contributed by atoms with Crippen molar-refractivity contribution in [1.82, 2.24) is 0 Å². The molecule has 0 rings (SSSR count). The standard InChI is InChI=1S/C75H128O6/c1-4-7-10-13-16-19-22-25-28-30-32-33-34-35-36-37-38-39-40-41-43-44-47-50-53-56-59-62-65-68-74(77)80-71-72(70-79-73(76)67-64-61-58-55-52-49-46-27-24-21-18-15-12-9-6-3)81-75(78)69-66-63-60-57-54-51-48-45-42-31-29-26-23-20-17-14-11-8-5-2/h7,10,16-21,25-29,32-33,35-36,46,72H,4-6,8-9,11-15,22-24,30-31,34,37-45,47-71H2,1-3H3/b10-7-,19-16-,20-17-,21-18-,28-25-,29-26-,33-32-,36-35-,46-27-. The predicted molar refractivity (Wildman–Crippen MR) is 353 cm³/mol. The number of carbonyl (C=O) groups excluding carboxylic acids is 3. The van der Waals surface area contributed by atoms with Gasteiger partial charge in [0.15, 0.2) is 6.10 Å². The predicted octanol–water partition coefficient (Wildman–Crippen LogP) is 23.8. The van der Waals surface area contributed by atoms with Gasteiger partial charge in [0.2, 0.25) is 0 Å². The first-order valence-electron chi connectivity index (χ1n) is 34.4. The molecule has 0 radical (unpaired) electrons. The van der Waals surface area contributed by atoms with E-state index >= 15 is 0 Å². The average molecular weight is 1130 g/mol. The number of ether oxygens (including phenoxy) is 3. The molecule has 0 aliphatic carbocycles. The molecule has 0 N–H and O–H groups in total. The molecule has 0 aliphatic rings. The Kier molecular flexibility index (Phi) is 65.2. The number of unbranched alkanes of at least 4 members (excludes halogenated alkanes) is 33. The number of hydrogen-bond acceptors (Lipinski definition) is 6. The van der Waals surface area contributed by atoms with Crippen LogP contribution in [0.2, 0.25) is 0 Å². The third kappa shape index (κ3) is 66.8. The molecule has 6 heteroatoms. The lowest BCUT2D eigenvalue weighted by atomic mass is 10.0. The molecule has 0 aromatic rings. The highest BCUT2D eigenvalue weighted by atomic mass is 16.6. The van der Waals surface area contributed by atoms with E-state index in [0.29, 0.717) is 19.3 Å². The number of hydrogen-bond donors (Lipinski definition) is 0. The lowest BCUT2D eigenvalue weighted by Gasteiger charge is -2.18. The molecule has 0 saturated heterocycles. The summed E-state index contributed by atoms with van der Waals surface area (Å²) < 4.78 is 17.0. The second-order valence-corrected chi connectivity index (χ2v) is 22.7. The van der Waals surface area contributed by atoms with Gasteiger partial charge in [0.1, 0.15) is 13.2 Å². The minimum absolute atomic E-state index is 0.0839. The fraction of sp³-hybridized carbons (Fsp3) is 0.720. The van der Waals surface area contributed by atoms with Gasteiger partial charge in [-0.05, 0) is 128 Å². The number of rotatable bonds is 62. The molecule has 1 atom stereocenters. The van der Waals surface area contributed by atoms with E-state index in [1.54, 1.807) is 0 Å². The van der Waals surface area contributed by atoms with Gasteiger partial charge in [-0.3, -0.25) is 14.4 Å². The van der Waals surface area contributed by atoms with Crippen molar-refractivity contribution < 1.29 is 28.6 Å². The molecule has 6 nitrogen and oxygen atoms in total. The van der Waals surface area contributed by atoms with Crippen LogP contribution in [0.1, 0.15) is 329 Å². The van der Waals surface area contributed by atoms with Gasteiger partial charge in [0, 0.05) is 19.3 Å². The van der Waals surface area contributed by atoms with Crippen LogP contribution in [0.15, 0.2) is 109 Å². The molecule has 0 bridgehead atoms. The van der Waals surface area contributed by atoms with E-state index in [1.807, 2.05) is 0 Å². The lowest BCUT2D eigenvalue weighted by Crippen LogP contribution is -2.30. The topological polar surface area (TPSA) is 78.9 Å². The van der Waals surface area contributed by atoms with Crippen LogP contribution < -0.4 is 0 Å². The summed E-state index contributed by atoms with van der Waals surface area (Å²) in [5.41, 5.74) is 0. The Balaban J connectivity index is 4.31. The maximum atomic E-state index is 12.9. The third-order valence-corrected chi connectivity index (χ3v) is 14.7. The van der Waals surface area contributed by atoms with Crippen LogP contribution >= 0.6 is 0 Å². The molecule has 0 spiro atoms. The molecular formula is C75H128O6. The van der Waals surface area contributed by atoms with Gasteiger partial charge in [-0.15, -0.1) is 0 Å². The molecule has 0 aliphatic heterocycles. The molecular weight excluding hydrogens is 997 g/mol. The van der Waals surface area contributed by atoms with Crippen LogP contribution in [0.5, 0.6) is 0 Å². The zero-order chi connectivity index (χ0) is 58.5. The van der Waals surface area contributed by atoms with E-state index in [9.17, 15) is 14.4 Å². The zero-order valence-electron chi connectivity index (χ0n) is 53.3. The number of allylic oxidation sites excluding steroid dienone is 18. The summed E-state index contributed by atoms with van der Waals surface area (Å²) in [6, 6.07) is 0. The maximum absolute atomic E-state index is 12.9. The van der Waals surface area contributed by atoms with Crippen LogP contribution in [0.25, 0.3) is 0 Å². The Labute approximate surface area is 501 Å². The first-order chi connectivity index (χ1) is 40.0. The van der Waals surface area contributed by atoms with Crippen molar-refractivity contribution in [3.8, 4) is 0 Å². The van der Waals surface area contributed by atoms with Crippen molar-refractivity contribution >= 4 is 17.9 Å². The Hall–Kier alpha value is -3.93. The minimum Gasteiger partial charge on any atom is -0.462 e. The molecule has 0 aromatic heterocycles. The van der Waals surface area contributed by atoms with Crippen molar-refractivity contribution in [3.05, 3.63) is 109 Å². The van der Waals surface area contributed by atoms with Gasteiger partial charge in [0.05, 0.1) is 0 Å². The smallest absolute Gasteiger partial charge is 0.306 e. The second-order valence-electron chi connectivity index (χ2n) is 22.7. The van der Waals surface area contributed by atoms with Gasteiger partial charge in [-0.2, -0.15) is 0 Å². The minimum atomic E-state index is -0.789. The lowest BCUT2D eigenvalue weighted by molar-refractivity contribution is -0.167. The quantitative estimate of drug-likeness (QED) is 0.0261. The van der Waals surface area contributed by atoms with Gasteiger partial charge in [0.25, 0.3) is 0 Å². The molecule has 0 saturated carbocycles. The summed E-state index contributed by atoms with van der Waals surface area (Å²) >= 11 is 0. The Morgan fingerprint density at radius 2 is 0.481 bits per heavy atom. The van der Waals surface area contributed by atoms with E-state index < -0.39 is 6.10 Å². The molecule has 0 amide bonds. The average Bonchev–Trinajstić information content (AvgIpc) is 3.47. The molecule has 464 valence electrons. The monoisotopic (exact) mass is 1120 g/mol. The fourth-order valence-electron chi connectivity index (χ4n) is 9.59. The van der Waals surface area contributed by atoms with Crippen molar-refractivity contribution in [2.24, 2.45) is 0 Å². The Bertz CT molecular complexity index is 1620. The Morgan fingerprint density at radius 3 is 0.753 bits per heavy atom. The highest BCUT2D eigenvalue weighted by Gasteiger charge is 2.19. The maximum Gasteiger partial charge on any atom is 0.306 e. The highest BCUT2D eigenvalue weighted by molar-refractivity contribution is 5.71. The molecule has 1 unspecified atom stereocenters. The summed E-state index contributed by atoms with van der Waals surface area (Å²) in [5, 5.41) is 0. The summed E-state index contributed by atoms with van der Waals surface area (Å²) in [6.07, 6.45) is 93.9. The first-order valence-corrected chi connectivity index (χ1v) is 34.4. The summed E-state index contributed by atoms with van der Waals surface area (Å²) in [6.45, 7) is 6.49. The molecule has 81 heavy (non-hydrogen) atoms. The SMILES string of the molecule is CC/C=C\C/C=C\C/C=C\C/C=C\C/C=C\CCCCCCCCCCCCCCCC(=O)OCC(COC(=O)CCCCCCC/C=C\C/C=C\CCCCC)OC(=O)CCCCCCCCCCC/C=C\C/C=C\CCCCC. The van der Waals surface area contributed by atoms with E-state index in [1.165, 1.54) is 173 Å². The Morgan fingerprint density at radius 1 is 0.259 bits per heavy atom. The van der Waals surface area contributed by atoms with Crippen LogP contribution in [-0.2, 0) is 28.6 Å². The summed E-state index contributed by atoms with van der Waals surface area (Å²) in [4.78, 5) is 38.4. The summed E-state index contributed by atoms with van der Waals surface area (Å²) in [5.74, 6) is -0.891. The largest absolute Gasteiger partial charge is 0.462 e. The van der Waals surface area contributed by atoms with Gasteiger partial charge >= 0.3 is 17.9 Å². The normalized spacial score (nSPS) is 12.8. The fourth-order valence-corrected chi connectivity index (χ4v) is 9.59. The summed E-state index contributed by atoms with van der Waals surface area (Å²) in [7, 11) is 0. The van der Waals surface area contributed by atoms with Crippen molar-refractivity contribution in [1.29, 1.82) is 0 Å². The van der Waals surface area contributed by atoms with E-state index in [2.05, 4.69) is 130 Å². The highest BCUT2D eigenvalue weighted by Crippen LogP contribution is 2.17. The van der Waals surface area contributed by atoms with Crippen molar-refractivity contribution in [2.75, 3.05) is 13.2 Å². The zero-order valence-corrected chi connectivity index (χ0v) is 53.3. The van der Waals surface area contributed by atoms with Crippen LogP contribution in [0.4, 0.5) is 0 Å². The number of carbonyl (C=O) groups is 3. The first kappa shape index (κ1) is 77.1. The van der Waals surface area contributed by atoms with Crippen molar-refractivity contribution in [3.63, 3.8) is 0 Å². The van der Waals surface area contributed by atoms with Gasteiger partial charge in [-0.1, -0.05) is 291 Å². The van der Waals surface area contributed by atoms with Gasteiger partial charge in [-0.25, -0.2) is 0 Å². The molecule has 0 heterocycles. The van der Waals surface area contributed by atoms with Crippen LogP contribution in [-0.4, -0.2) is 37.2 Å². The van der Waals surface area contributed by atoms with E-state index in [4.69, 9.17) is 14.2 Å². The second kappa shape index (κ2) is 68.6. The van der Waals surface area contributed by atoms with Crippen LogP contribution in [0.3, 0.4) is 0 Å². The van der Waals surface area contributed by atoms with Crippen molar-refractivity contribution in [2.45, 2.75) is 335 Å². The van der Waals surface area contributed by atoms with Crippen LogP contribution in [0, 0.1) is 0 Å². The molecule has 0 aromatic carbocycles. The third-order valence-electron chi connectivity index (χ3n) is 14.7. The molecule has 0 fully saturated rings. The van der Waals surface area contributed by atoms with E-state index in [0.717, 1.165) is 116 Å².